The Balaban J connectivity index is 0.00000112. The van der Waals surface area contributed by atoms with Crippen molar-refractivity contribution in [1.82, 2.24) is 0 Å². The first-order valence-corrected chi connectivity index (χ1v) is 23.3. The fourth-order valence-electron chi connectivity index (χ4n) is 5.59. The average Bonchev–Trinajstić information content (AvgIpc) is 3.19. The Morgan fingerprint density at radius 3 is 0.966 bits per heavy atom. The summed E-state index contributed by atoms with van der Waals surface area (Å²) in [5.41, 5.74) is 0.0716. The molecule has 0 saturated carbocycles. The van der Waals surface area contributed by atoms with Gasteiger partial charge in [0.1, 0.15) is 33.5 Å². The molecule has 2 aromatic carbocycles. The Morgan fingerprint density at radius 2 is 0.712 bits per heavy atom. The van der Waals surface area contributed by atoms with Crippen LogP contribution in [0.15, 0.2) is 48.5 Å². The Hall–Kier alpha value is -2.60. The zero-order chi connectivity index (χ0) is 43.4. The van der Waals surface area contributed by atoms with Crippen LogP contribution in [0.4, 0.5) is 0 Å². The summed E-state index contributed by atoms with van der Waals surface area (Å²) >= 11 is 0. The molecular weight excluding hydrogens is 833 g/mol. The molecule has 0 spiro atoms. The van der Waals surface area contributed by atoms with Gasteiger partial charge < -0.3 is 28.1 Å². The van der Waals surface area contributed by atoms with Gasteiger partial charge in [-0.15, -0.1) is 0 Å². The van der Waals surface area contributed by atoms with E-state index in [0.29, 0.717) is 0 Å². The van der Waals surface area contributed by atoms with Gasteiger partial charge in [-0.05, 0) is 49.9 Å². The fraction of sp³-hybridized carbons (Fsp3) is 0.619. The summed E-state index contributed by atoms with van der Waals surface area (Å²) in [5, 5.41) is -2.63. The van der Waals surface area contributed by atoms with E-state index in [2.05, 4.69) is 13.8 Å². The Labute approximate surface area is 381 Å². The Bertz CT molecular complexity index is 1620. The SMILES string of the molecule is CCCCCCCCCOC(=O)c1ccccc1C(=O)OCC(CC)S(=O)(=O)[O-].CCCCCCCCCOC(=O)c1ccccc1C(=O)OCC(CC)S(=O)(=O)[O-].[Ca+2]. The number of hydrogen-bond acceptors (Lipinski definition) is 14. The first-order valence-electron chi connectivity index (χ1n) is 20.4. The minimum absolute atomic E-state index is 0. The summed E-state index contributed by atoms with van der Waals surface area (Å²) in [5.74, 6) is -3.00. The molecule has 2 aromatic rings. The van der Waals surface area contributed by atoms with E-state index in [9.17, 15) is 45.1 Å². The molecular formula is C42H62CaO14S2. The van der Waals surface area contributed by atoms with Crippen LogP contribution in [-0.2, 0) is 39.2 Å². The van der Waals surface area contributed by atoms with Gasteiger partial charge in [-0.2, -0.15) is 0 Å². The fourth-order valence-corrected chi connectivity index (χ4v) is 6.87. The van der Waals surface area contributed by atoms with Crippen molar-refractivity contribution in [3.8, 4) is 0 Å². The van der Waals surface area contributed by atoms with Crippen molar-refractivity contribution in [2.24, 2.45) is 0 Å². The molecule has 0 heterocycles. The third-order valence-electron chi connectivity index (χ3n) is 9.22. The molecule has 2 unspecified atom stereocenters. The van der Waals surface area contributed by atoms with Crippen molar-refractivity contribution in [3.63, 3.8) is 0 Å². The third-order valence-corrected chi connectivity index (χ3v) is 11.8. The monoisotopic (exact) mass is 894 g/mol. The summed E-state index contributed by atoms with van der Waals surface area (Å²) in [4.78, 5) is 49.2. The largest absolute Gasteiger partial charge is 2.00 e. The van der Waals surface area contributed by atoms with Crippen molar-refractivity contribution >= 4 is 81.9 Å². The van der Waals surface area contributed by atoms with Crippen molar-refractivity contribution in [2.75, 3.05) is 26.4 Å². The normalized spacial score (nSPS) is 12.2. The van der Waals surface area contributed by atoms with E-state index in [1.54, 1.807) is 24.3 Å². The van der Waals surface area contributed by atoms with Crippen LogP contribution in [-0.4, -0.2) is 124 Å². The number of unbranched alkanes of at least 4 members (excludes halogenated alkanes) is 12. The average molecular weight is 895 g/mol. The van der Waals surface area contributed by atoms with E-state index in [1.807, 2.05) is 0 Å². The number of benzene rings is 2. The molecule has 0 amide bonds. The molecule has 14 nitrogen and oxygen atoms in total. The maximum absolute atomic E-state index is 12.3. The molecule has 0 aliphatic carbocycles. The van der Waals surface area contributed by atoms with Gasteiger partial charge in [0.2, 0.25) is 0 Å². The van der Waals surface area contributed by atoms with E-state index in [0.717, 1.165) is 38.5 Å². The smallest absolute Gasteiger partial charge is 0.748 e. The van der Waals surface area contributed by atoms with Crippen molar-refractivity contribution in [2.45, 2.75) is 141 Å². The van der Waals surface area contributed by atoms with E-state index in [-0.39, 0.29) is 86.0 Å². The third kappa shape index (κ3) is 23.8. The van der Waals surface area contributed by atoms with Crippen LogP contribution >= 0.6 is 0 Å². The van der Waals surface area contributed by atoms with Crippen LogP contribution < -0.4 is 0 Å². The standard InChI is InChI=1S/2C21H32O7S.Ca/c2*1-3-5-6-7-8-9-12-15-27-20(22)18-13-10-11-14-19(18)21(23)28-16-17(4-2)29(24,25)26;/h2*10-11,13-14,17H,3-9,12,15-16H2,1-2H3,(H,24,25,26);/q;;+2/p-2. The Kier molecular flexibility index (Phi) is 30.7. The van der Waals surface area contributed by atoms with Gasteiger partial charge in [-0.25, -0.2) is 36.0 Å². The molecule has 2 atom stereocenters. The van der Waals surface area contributed by atoms with Gasteiger partial charge in [0, 0.05) is 0 Å². The van der Waals surface area contributed by atoms with E-state index in [4.69, 9.17) is 18.9 Å². The quantitative estimate of drug-likeness (QED) is 0.0262. The van der Waals surface area contributed by atoms with Gasteiger partial charge in [0.25, 0.3) is 0 Å². The summed E-state index contributed by atoms with van der Waals surface area (Å²) in [6, 6.07) is 12.0. The second kappa shape index (κ2) is 32.2. The zero-order valence-corrected chi connectivity index (χ0v) is 39.0. The second-order valence-electron chi connectivity index (χ2n) is 13.8. The molecule has 0 aromatic heterocycles. The Morgan fingerprint density at radius 1 is 0.458 bits per heavy atom. The first kappa shape index (κ1) is 56.4. The number of rotatable bonds is 28. The number of hydrogen-bond donors (Lipinski definition) is 0. The molecule has 0 saturated heterocycles. The second-order valence-corrected chi connectivity index (χ2v) is 17.2. The number of carbonyl (C=O) groups excluding carboxylic acids is 4. The predicted octanol–water partition coefficient (Wildman–Crippen LogP) is 7.77. The summed E-state index contributed by atoms with van der Waals surface area (Å²) in [6.45, 7) is 6.80. The van der Waals surface area contributed by atoms with Crippen LogP contribution in [0.1, 0.15) is 172 Å². The summed E-state index contributed by atoms with van der Waals surface area (Å²) < 4.78 is 87.1. The summed E-state index contributed by atoms with van der Waals surface area (Å²) in [6.07, 6.45) is 15.4. The number of esters is 4. The van der Waals surface area contributed by atoms with Crippen LogP contribution in [0.5, 0.6) is 0 Å². The summed E-state index contributed by atoms with van der Waals surface area (Å²) in [7, 11) is -9.13. The zero-order valence-electron chi connectivity index (χ0n) is 35.2. The maximum Gasteiger partial charge on any atom is 2.00 e. The number of carbonyl (C=O) groups is 4. The maximum atomic E-state index is 12.3. The van der Waals surface area contributed by atoms with Crippen LogP contribution in [0.3, 0.4) is 0 Å². The van der Waals surface area contributed by atoms with Crippen LogP contribution in [0, 0.1) is 0 Å². The molecule has 17 heteroatoms. The molecule has 0 aliphatic rings. The molecule has 328 valence electrons. The van der Waals surface area contributed by atoms with Gasteiger partial charge in [-0.1, -0.05) is 129 Å². The molecule has 0 fully saturated rings. The minimum atomic E-state index is -4.56. The molecule has 0 N–H and O–H groups in total. The number of ether oxygens (including phenoxy) is 4. The molecule has 0 aliphatic heterocycles. The van der Waals surface area contributed by atoms with E-state index >= 15 is 0 Å². The topological polar surface area (TPSA) is 220 Å². The van der Waals surface area contributed by atoms with Crippen molar-refractivity contribution in [3.05, 3.63) is 70.8 Å². The van der Waals surface area contributed by atoms with E-state index in [1.165, 1.54) is 89.5 Å². The predicted molar refractivity (Wildman–Crippen MR) is 223 cm³/mol. The van der Waals surface area contributed by atoms with Crippen LogP contribution in [0.2, 0.25) is 0 Å². The molecule has 0 bridgehead atoms. The molecule has 59 heavy (non-hydrogen) atoms. The molecule has 0 radical (unpaired) electrons. The first-order chi connectivity index (χ1) is 27.6. The van der Waals surface area contributed by atoms with Crippen molar-refractivity contribution < 1.29 is 64.1 Å². The minimum Gasteiger partial charge on any atom is -0.748 e. The van der Waals surface area contributed by atoms with Gasteiger partial charge in [-0.3, -0.25) is 0 Å². The van der Waals surface area contributed by atoms with E-state index < -0.39 is 67.8 Å². The molecule has 2 rings (SSSR count). The van der Waals surface area contributed by atoms with Gasteiger partial charge in [0.15, 0.2) is 0 Å². The van der Waals surface area contributed by atoms with Gasteiger partial charge >= 0.3 is 61.6 Å². The van der Waals surface area contributed by atoms with Crippen molar-refractivity contribution in [1.29, 1.82) is 0 Å². The van der Waals surface area contributed by atoms with Crippen LogP contribution in [0.25, 0.3) is 0 Å². The van der Waals surface area contributed by atoms with Gasteiger partial charge in [0.05, 0.1) is 46.0 Å².